The average Bonchev–Trinajstić information content (AvgIpc) is 1.48. The quantitative estimate of drug-likeness (QED) is 0.138. The van der Waals surface area contributed by atoms with Gasteiger partial charge in [-0.05, 0) is 233 Å². The fourth-order valence-electron chi connectivity index (χ4n) is 20.3. The van der Waals surface area contributed by atoms with Gasteiger partial charge in [0, 0.05) is 215 Å². The van der Waals surface area contributed by atoms with E-state index in [9.17, 15) is 2.74 Å². The van der Waals surface area contributed by atoms with Gasteiger partial charge in [0.25, 0.3) is 0 Å². The summed E-state index contributed by atoms with van der Waals surface area (Å²) in [5.74, 6) is -6.62. The van der Waals surface area contributed by atoms with Crippen LogP contribution in [-0.4, -0.2) is 19.9 Å². The van der Waals surface area contributed by atoms with Crippen LogP contribution in [0.25, 0.3) is 178 Å². The largest absolute Gasteiger partial charge is 0.455 e. The summed E-state index contributed by atoms with van der Waals surface area (Å²) in [7, 11) is 6.38. The molecule has 3 atom stereocenters. The molecule has 20 aromatic rings. The summed E-state index contributed by atoms with van der Waals surface area (Å²) in [6.45, 7) is -42.4. The van der Waals surface area contributed by atoms with Crippen LogP contribution < -0.4 is 18.3 Å². The first-order valence-electron chi connectivity index (χ1n) is 70.3. The van der Waals surface area contributed by atoms with Crippen molar-refractivity contribution in [1.82, 2.24) is 19.9 Å². The molecule has 0 saturated heterocycles. The molecule has 12 nitrogen and oxygen atoms in total. The Morgan fingerprint density at radius 3 is 1.16 bits per heavy atom. The van der Waals surface area contributed by atoms with Crippen LogP contribution in [0.4, 0.5) is 0 Å². The summed E-state index contributed by atoms with van der Waals surface area (Å²) < 4.78 is 488. The normalized spacial score (nSPS) is 23.9. The van der Waals surface area contributed by atoms with E-state index in [0.29, 0.717) is 149 Å². The molecule has 668 valence electrons. The van der Waals surface area contributed by atoms with Crippen LogP contribution in [0.5, 0.6) is 0 Å². The lowest BCUT2D eigenvalue weighted by Gasteiger charge is -2.39. The molecule has 0 saturated carbocycles. The number of benzene rings is 8. The van der Waals surface area contributed by atoms with Gasteiger partial charge in [-0.2, -0.15) is 0 Å². The molecule has 134 heavy (non-hydrogen) atoms. The van der Waals surface area contributed by atoms with E-state index in [-0.39, 0.29) is 129 Å². The second-order valence-electron chi connectivity index (χ2n) is 34.9. The standard InChI is InChI=1S/C33H35N2O.C31H31N2O.2C29H27N2O/c1-18(2)33(19(3)4)27-12-10-9-11-23(27)25-16-26-24-14-13-20(5)29(30(24)36-32(26)34-31(25)33)28-15-21(6)22(7)17-35(28)8;1-7-31(8-2)25-12-10-9-11-21(25)23-16-24-22-14-13-18(3)27(28(22)34-30(24)32-29(23)31)26-15-19(4)20(5)17-33(26)6;1-16-9-10-19-22-13-21-20-8-7-11-30-28(20)29(4,5)23(21)14-25(22)32-27(19)26(16)24-12-17(2)18(3)15-31(24)6;1-16-11-12-20-22-14-21-19-9-7-8-10-23(19)29(4,5)27(21)30-28(22)32-26(20)25(16)24-13-17(2)18(3)15-31(24)6/h9-19H,1-8H3;9-17H,7-8H2,1-6H3;2*7-15H,1-6H3/q4*+1/i1D3,2D3,3D3,6D3,7D3,18D,19D;1D3,2D3,4D3,5D3,7D2;2*2D3,3D3,4D3,5D3. The van der Waals surface area contributed by atoms with E-state index in [4.69, 9.17) is 100 Å². The molecule has 0 spiro atoms. The maximum Gasteiger partial charge on any atom is 0.227 e. The lowest BCUT2D eigenvalue weighted by molar-refractivity contribution is -0.660. The molecule has 0 bridgehead atoms. The van der Waals surface area contributed by atoms with Gasteiger partial charge >= 0.3 is 0 Å². The highest BCUT2D eigenvalue weighted by Gasteiger charge is 2.51. The summed E-state index contributed by atoms with van der Waals surface area (Å²) in [4.78, 5) is 18.3. The smallest absolute Gasteiger partial charge is 0.227 e. The number of fused-ring (bicyclic) bond motifs is 24. The van der Waals surface area contributed by atoms with Gasteiger partial charge in [0.1, 0.15) is 39.4 Å². The predicted molar refractivity (Wildman–Crippen MR) is 547 cm³/mol. The van der Waals surface area contributed by atoms with E-state index in [1.54, 1.807) is 169 Å². The van der Waals surface area contributed by atoms with E-state index < -0.39 is 174 Å². The van der Waals surface area contributed by atoms with Crippen molar-refractivity contribution in [3.8, 4) is 89.5 Å². The van der Waals surface area contributed by atoms with Crippen LogP contribution >= 0.6 is 0 Å². The molecule has 12 heterocycles. The molecule has 0 fully saturated rings. The SMILES string of the molecule is [2H]C([2H])([2H])CC1(C([2H])([2H])C([2H])([2H])[2H])c2ccccc2-c2cc3c(nc21)oc1c(-c2cc(C([2H])([2H])[2H])c(C([2H])([2H])[2H])c[n+]2C)c(C)ccc13.[2H]C([2H])([2H])c1cc(-c2c(C)ccc3c2oc2cc4c(cc23)-c2cccnc2C4(C([2H])([2H])[2H])C([2H])([2H])[2H])[n+](C)cc1C([2H])([2H])[2H].[2H]C([2H])([2H])c1cc(-c2c(C)ccc3c2oc2nc4c(cc23)-c2ccccc2C4(C([2H])(C)C([2H])([2H])[2H])C([2H])(C([2H])([2H])[2H])C([2H])([2H])[2H])[n+](C)cc1C([2H])([2H])[2H].[2H]C([2H])([2H])c1cc(-c2c(C)ccc3c2oc2nc4c(cc23)-c2ccccc2C4(C([2H])([2H])[2H])C([2H])([2H])[2H])[n+](C)cc1C([2H])([2H])[2H]. The lowest BCUT2D eigenvalue weighted by Crippen LogP contribution is -2.38. The number of aryl methyl sites for hydroxylation is 16. The second kappa shape index (κ2) is 31.4. The third kappa shape index (κ3) is 12.8. The molecule has 12 aromatic heterocycles. The van der Waals surface area contributed by atoms with Gasteiger partial charge in [0.15, 0.2) is 41.5 Å². The Labute approximate surface area is 863 Å². The minimum atomic E-state index is -3.69. The summed E-state index contributed by atoms with van der Waals surface area (Å²) in [6, 6.07) is 49.9. The number of rotatable bonds is 8. The minimum Gasteiger partial charge on any atom is -0.455 e. The predicted octanol–water partition coefficient (Wildman–Crippen LogP) is 28.9. The van der Waals surface area contributed by atoms with Crippen molar-refractivity contribution in [1.29, 1.82) is 0 Å². The van der Waals surface area contributed by atoms with E-state index in [2.05, 4.69) is 9.97 Å². The summed E-state index contributed by atoms with van der Waals surface area (Å²) >= 11 is 0. The van der Waals surface area contributed by atoms with Gasteiger partial charge in [0.2, 0.25) is 39.9 Å². The molecule has 3 unspecified atom stereocenters. The molecule has 8 aromatic carbocycles. The van der Waals surface area contributed by atoms with Gasteiger partial charge < -0.3 is 17.7 Å². The number of aromatic nitrogens is 8. The first-order chi connectivity index (χ1) is 86.2. The van der Waals surface area contributed by atoms with E-state index >= 15 is 0 Å². The maximum atomic E-state index is 9.56. The Kier molecular flexibility index (Phi) is 10.5. The Balaban J connectivity index is 0.000000140. The average molecular weight is 1820 g/mol. The summed E-state index contributed by atoms with van der Waals surface area (Å²) in [5.41, 5.74) is -3.03. The van der Waals surface area contributed by atoms with Crippen LogP contribution in [-0.2, 0) is 49.9 Å². The molecule has 4 aliphatic carbocycles. The Hall–Kier alpha value is -13.8. The summed E-state index contributed by atoms with van der Waals surface area (Å²) in [6.07, 6.45) is 2.55. The van der Waals surface area contributed by atoms with Crippen LogP contribution in [0, 0.1) is 94.3 Å². The molecule has 4 aliphatic rings. The number of furan rings is 4. The summed E-state index contributed by atoms with van der Waals surface area (Å²) in [5, 5.41) is 4.14. The van der Waals surface area contributed by atoms with E-state index in [0.717, 1.165) is 6.92 Å². The van der Waals surface area contributed by atoms with Crippen molar-refractivity contribution in [3.63, 3.8) is 0 Å². The van der Waals surface area contributed by atoms with Gasteiger partial charge in [-0.3, -0.25) is 4.98 Å². The minimum absolute atomic E-state index is 0.00234. The van der Waals surface area contributed by atoms with Crippen molar-refractivity contribution >= 4 is 88.1 Å². The van der Waals surface area contributed by atoms with Gasteiger partial charge in [-0.25, -0.2) is 33.2 Å². The van der Waals surface area contributed by atoms with Gasteiger partial charge in [0.05, 0.1) is 45.0 Å². The topological polar surface area (TPSA) is 120 Å². The van der Waals surface area contributed by atoms with E-state index in [1.165, 1.54) is 99.3 Å². The molecule has 12 heteroatoms. The van der Waals surface area contributed by atoms with Crippen molar-refractivity contribution < 1.29 is 111 Å². The molecule has 0 aliphatic heterocycles. The number of nitrogens with zero attached hydrogens (tertiary/aromatic N) is 8. The van der Waals surface area contributed by atoms with Gasteiger partial charge in [-0.1, -0.05) is 196 Å². The highest BCUT2D eigenvalue weighted by molar-refractivity contribution is 6.15. The third-order valence-electron chi connectivity index (χ3n) is 26.9. The monoisotopic (exact) mass is 1820 g/mol. The second-order valence-corrected chi connectivity index (χ2v) is 34.9. The fourth-order valence-corrected chi connectivity index (χ4v) is 20.3. The number of hydrogen-bond donors (Lipinski definition) is 0. The molecule has 0 amide bonds. The van der Waals surface area contributed by atoms with Crippen LogP contribution in [0.3, 0.4) is 0 Å². The molecule has 24 rings (SSSR count). The maximum absolute atomic E-state index is 9.56. The lowest BCUT2D eigenvalue weighted by atomic mass is 9.64. The third-order valence-corrected chi connectivity index (χ3v) is 26.9. The van der Waals surface area contributed by atoms with Crippen LogP contribution in [0.2, 0.25) is 0 Å². The molecule has 0 radical (unpaired) electrons. The Morgan fingerprint density at radius 2 is 0.716 bits per heavy atom. The molecular weight excluding hydrogens is 1640 g/mol. The number of pyridine rings is 8. The fraction of sp³-hybridized carbons (Fsp3) is 0.279. The van der Waals surface area contributed by atoms with Crippen LogP contribution in [0.1, 0.15) is 269 Å². The van der Waals surface area contributed by atoms with E-state index in [1.807, 2.05) is 25.1 Å². The molecular formula is C122H120N8O4+4. The van der Waals surface area contributed by atoms with Gasteiger partial charge in [-0.15, -0.1) is 0 Å². The Morgan fingerprint density at radius 1 is 0.336 bits per heavy atom. The van der Waals surface area contributed by atoms with Crippen molar-refractivity contribution in [2.45, 2.75) is 186 Å². The molecule has 0 N–H and O–H groups in total. The van der Waals surface area contributed by atoms with Crippen LogP contribution in [0.15, 0.2) is 237 Å². The van der Waals surface area contributed by atoms with Crippen molar-refractivity contribution in [2.24, 2.45) is 40.0 Å². The Bertz CT molecular complexity index is 10500. The highest BCUT2D eigenvalue weighted by atomic mass is 16.4. The first-order valence-corrected chi connectivity index (χ1v) is 42.8. The zero-order valence-corrected chi connectivity index (χ0v) is 73.7. The highest BCUT2D eigenvalue weighted by Crippen LogP contribution is 2.59. The zero-order valence-electron chi connectivity index (χ0n) is 129. The number of hydrogen-bond acceptors (Lipinski definition) is 8. The van der Waals surface area contributed by atoms with Crippen molar-refractivity contribution in [3.05, 3.63) is 331 Å². The zero-order chi connectivity index (χ0) is 140. The van der Waals surface area contributed by atoms with Crippen molar-refractivity contribution in [2.75, 3.05) is 0 Å². The first kappa shape index (κ1) is 44.8.